The van der Waals surface area contributed by atoms with E-state index in [9.17, 15) is 0 Å². The Morgan fingerprint density at radius 1 is 1.00 bits per heavy atom. The predicted molar refractivity (Wildman–Crippen MR) is 52.2 cm³/mol. The quantitative estimate of drug-likeness (QED) is 0.593. The van der Waals surface area contributed by atoms with Crippen LogP contribution in [0.15, 0.2) is 0 Å². The van der Waals surface area contributed by atoms with E-state index in [4.69, 9.17) is 17.7 Å². The van der Waals surface area contributed by atoms with Crippen molar-refractivity contribution in [2.45, 2.75) is 20.3 Å². The highest BCUT2D eigenvalue weighted by atomic mass is 28.4. The van der Waals surface area contributed by atoms with Gasteiger partial charge in [0.1, 0.15) is 0 Å². The first kappa shape index (κ1) is 13.1. The maximum atomic E-state index is 5.46. The molecule has 0 saturated carbocycles. The van der Waals surface area contributed by atoms with Crippen molar-refractivity contribution in [3.05, 3.63) is 0 Å². The Morgan fingerprint density at radius 2 is 1.46 bits per heavy atom. The van der Waals surface area contributed by atoms with E-state index < -0.39 is 9.05 Å². The molecule has 0 unspecified atom stereocenters. The Hall–Kier alpha value is 0.0569. The van der Waals surface area contributed by atoms with Gasteiger partial charge in [-0.2, -0.15) is 0 Å². The fourth-order valence-corrected chi connectivity index (χ4v) is 2.07. The van der Waals surface area contributed by atoms with Crippen LogP contribution in [0, 0.1) is 5.92 Å². The van der Waals surface area contributed by atoms with Gasteiger partial charge >= 0.3 is 9.05 Å². The molecular weight excluding hydrogens is 188 g/mol. The van der Waals surface area contributed by atoms with Gasteiger partial charge in [0.15, 0.2) is 0 Å². The zero-order chi connectivity index (χ0) is 10.3. The second kappa shape index (κ2) is 6.50. The normalized spacial score (nSPS) is 12.5. The standard InChI is InChI=1S/C8H20O4Si/c1-8(2)6-7-12-13(9-3,10-4)11-5/h8H,6-7H2,1-5H3. The first-order chi connectivity index (χ1) is 6.10. The van der Waals surface area contributed by atoms with Crippen LogP contribution in [0.1, 0.15) is 20.3 Å². The Morgan fingerprint density at radius 3 is 1.77 bits per heavy atom. The van der Waals surface area contributed by atoms with Gasteiger partial charge in [-0.1, -0.05) is 13.8 Å². The van der Waals surface area contributed by atoms with E-state index in [1.807, 2.05) is 0 Å². The molecule has 0 aromatic heterocycles. The van der Waals surface area contributed by atoms with Crippen molar-refractivity contribution >= 4 is 9.05 Å². The van der Waals surface area contributed by atoms with Crippen molar-refractivity contribution in [2.75, 3.05) is 27.9 Å². The minimum Gasteiger partial charge on any atom is -0.355 e. The number of hydrogen-bond acceptors (Lipinski definition) is 4. The lowest BCUT2D eigenvalue weighted by molar-refractivity contribution is 0.00370. The van der Waals surface area contributed by atoms with Gasteiger partial charge in [-0.25, -0.2) is 0 Å². The van der Waals surface area contributed by atoms with Gasteiger partial charge in [0.25, 0.3) is 0 Å². The molecule has 0 aliphatic rings. The van der Waals surface area contributed by atoms with Gasteiger partial charge in [-0.15, -0.1) is 0 Å². The molecule has 4 nitrogen and oxygen atoms in total. The summed E-state index contributed by atoms with van der Waals surface area (Å²) < 4.78 is 20.7. The van der Waals surface area contributed by atoms with Crippen LogP contribution in [0.4, 0.5) is 0 Å². The molecule has 0 aromatic rings. The minimum absolute atomic E-state index is 0.609. The van der Waals surface area contributed by atoms with Crippen molar-refractivity contribution in [3.8, 4) is 0 Å². The highest BCUT2D eigenvalue weighted by Crippen LogP contribution is 2.10. The minimum atomic E-state index is -2.78. The lowest BCUT2D eigenvalue weighted by Gasteiger charge is -2.23. The SMILES string of the molecule is CO[Si](OC)(OC)OCCC(C)C. The molecule has 0 bridgehead atoms. The Kier molecular flexibility index (Phi) is 6.53. The fourth-order valence-electron chi connectivity index (χ4n) is 0.846. The molecule has 0 fully saturated rings. The van der Waals surface area contributed by atoms with E-state index in [-0.39, 0.29) is 0 Å². The summed E-state index contributed by atoms with van der Waals surface area (Å²) in [6, 6.07) is 0. The molecule has 0 rings (SSSR count). The topological polar surface area (TPSA) is 36.9 Å². The highest BCUT2D eigenvalue weighted by molar-refractivity contribution is 6.53. The molecule has 0 aromatic carbocycles. The molecule has 0 spiro atoms. The first-order valence-electron chi connectivity index (χ1n) is 4.39. The zero-order valence-corrected chi connectivity index (χ0v) is 10.1. The Balaban J connectivity index is 3.81. The molecule has 0 N–H and O–H groups in total. The second-order valence-corrected chi connectivity index (χ2v) is 5.66. The third kappa shape index (κ3) is 4.73. The van der Waals surface area contributed by atoms with Gasteiger partial charge in [-0.05, 0) is 12.3 Å². The van der Waals surface area contributed by atoms with Crippen molar-refractivity contribution < 1.29 is 17.7 Å². The maximum Gasteiger partial charge on any atom is 0.678 e. The van der Waals surface area contributed by atoms with Crippen LogP contribution in [0.25, 0.3) is 0 Å². The van der Waals surface area contributed by atoms with E-state index >= 15 is 0 Å². The maximum absolute atomic E-state index is 5.46. The monoisotopic (exact) mass is 208 g/mol. The smallest absolute Gasteiger partial charge is 0.355 e. The van der Waals surface area contributed by atoms with Gasteiger partial charge in [0, 0.05) is 27.9 Å². The van der Waals surface area contributed by atoms with Crippen LogP contribution in [0.2, 0.25) is 0 Å². The van der Waals surface area contributed by atoms with E-state index in [2.05, 4.69) is 13.8 Å². The van der Waals surface area contributed by atoms with Crippen LogP contribution in [-0.2, 0) is 17.7 Å². The molecule has 0 atom stereocenters. The van der Waals surface area contributed by atoms with Crippen molar-refractivity contribution in [2.24, 2.45) is 5.92 Å². The summed E-state index contributed by atoms with van der Waals surface area (Å²) in [6.07, 6.45) is 0.977. The molecule has 0 aliphatic carbocycles. The molecule has 0 heterocycles. The average molecular weight is 208 g/mol. The van der Waals surface area contributed by atoms with Crippen LogP contribution in [0.5, 0.6) is 0 Å². The van der Waals surface area contributed by atoms with Crippen LogP contribution < -0.4 is 0 Å². The molecule has 0 saturated heterocycles. The second-order valence-electron chi connectivity index (χ2n) is 3.14. The molecular formula is C8H20O4Si. The third-order valence-corrected chi connectivity index (χ3v) is 3.78. The van der Waals surface area contributed by atoms with Crippen LogP contribution >= 0.6 is 0 Å². The Labute approximate surface area is 81.6 Å². The third-order valence-electron chi connectivity index (χ3n) is 1.72. The van der Waals surface area contributed by atoms with Crippen molar-refractivity contribution in [1.82, 2.24) is 0 Å². The number of hydrogen-bond donors (Lipinski definition) is 0. The lowest BCUT2D eigenvalue weighted by atomic mass is 10.2. The summed E-state index contributed by atoms with van der Waals surface area (Å²) in [5.41, 5.74) is 0. The van der Waals surface area contributed by atoms with Crippen LogP contribution in [-0.4, -0.2) is 37.0 Å². The molecule has 0 radical (unpaired) electrons. The Bertz CT molecular complexity index is 117. The van der Waals surface area contributed by atoms with Crippen molar-refractivity contribution in [1.29, 1.82) is 0 Å². The molecule has 5 heteroatoms. The molecule has 13 heavy (non-hydrogen) atoms. The number of rotatable bonds is 7. The average Bonchev–Trinajstić information content (AvgIpc) is 2.13. The molecule has 0 amide bonds. The summed E-state index contributed by atoms with van der Waals surface area (Å²) in [5, 5.41) is 0. The summed E-state index contributed by atoms with van der Waals surface area (Å²) in [6.45, 7) is 4.89. The van der Waals surface area contributed by atoms with Crippen LogP contribution in [0.3, 0.4) is 0 Å². The summed E-state index contributed by atoms with van der Waals surface area (Å²) in [5.74, 6) is 0.609. The summed E-state index contributed by atoms with van der Waals surface area (Å²) in [7, 11) is 1.82. The summed E-state index contributed by atoms with van der Waals surface area (Å²) >= 11 is 0. The largest absolute Gasteiger partial charge is 0.678 e. The zero-order valence-electron chi connectivity index (χ0n) is 9.12. The highest BCUT2D eigenvalue weighted by Gasteiger charge is 2.41. The van der Waals surface area contributed by atoms with E-state index in [1.165, 1.54) is 21.3 Å². The van der Waals surface area contributed by atoms with Gasteiger partial charge in [0.2, 0.25) is 0 Å². The van der Waals surface area contributed by atoms with E-state index in [0.29, 0.717) is 12.5 Å². The van der Waals surface area contributed by atoms with Crippen molar-refractivity contribution in [3.63, 3.8) is 0 Å². The first-order valence-corrected chi connectivity index (χ1v) is 6.03. The summed E-state index contributed by atoms with van der Waals surface area (Å²) in [4.78, 5) is 0. The molecule has 80 valence electrons. The predicted octanol–water partition coefficient (Wildman–Crippen LogP) is 1.42. The van der Waals surface area contributed by atoms with Gasteiger partial charge in [-0.3, -0.25) is 0 Å². The van der Waals surface area contributed by atoms with E-state index in [1.54, 1.807) is 0 Å². The van der Waals surface area contributed by atoms with E-state index in [0.717, 1.165) is 6.42 Å². The fraction of sp³-hybridized carbons (Fsp3) is 1.00. The van der Waals surface area contributed by atoms with Gasteiger partial charge in [0.05, 0.1) is 0 Å². The van der Waals surface area contributed by atoms with Gasteiger partial charge < -0.3 is 17.7 Å². The molecule has 0 aliphatic heterocycles. The lowest BCUT2D eigenvalue weighted by Crippen LogP contribution is -2.46.